The van der Waals surface area contributed by atoms with Crippen LogP contribution in [0.3, 0.4) is 0 Å². The predicted octanol–water partition coefficient (Wildman–Crippen LogP) is 4.06. The van der Waals surface area contributed by atoms with Crippen LogP contribution in [0.1, 0.15) is 31.1 Å². The number of hydrogen-bond donors (Lipinski definition) is 1. The summed E-state index contributed by atoms with van der Waals surface area (Å²) >= 11 is 0. The Bertz CT molecular complexity index is 1090. The van der Waals surface area contributed by atoms with Crippen molar-refractivity contribution in [2.75, 3.05) is 6.61 Å². The van der Waals surface area contributed by atoms with Crippen LogP contribution in [-0.2, 0) is 13.9 Å². The van der Waals surface area contributed by atoms with Gasteiger partial charge in [-0.3, -0.25) is 0 Å². The zero-order chi connectivity index (χ0) is 24.9. The van der Waals surface area contributed by atoms with E-state index in [1.807, 2.05) is 42.5 Å². The highest BCUT2D eigenvalue weighted by Gasteiger charge is 2.52. The summed E-state index contributed by atoms with van der Waals surface area (Å²) in [6.45, 7) is 6.48. The molecule has 3 aromatic rings. The summed E-state index contributed by atoms with van der Waals surface area (Å²) in [4.78, 5) is 12.4. The van der Waals surface area contributed by atoms with Gasteiger partial charge in [-0.05, 0) is 33.6 Å². The minimum atomic E-state index is -2.88. The molecule has 0 spiro atoms. The van der Waals surface area contributed by atoms with Gasteiger partial charge in [0.15, 0.2) is 6.10 Å². The Kier molecular flexibility index (Phi) is 7.55. The first-order valence-electron chi connectivity index (χ1n) is 11.8. The quantitative estimate of drug-likeness (QED) is 0.401. The lowest BCUT2D eigenvalue weighted by Gasteiger charge is -2.46. The Morgan fingerprint density at radius 1 is 0.886 bits per heavy atom. The van der Waals surface area contributed by atoms with Gasteiger partial charge in [-0.25, -0.2) is 4.79 Å². The third-order valence-corrected chi connectivity index (χ3v) is 11.4. The maximum Gasteiger partial charge on any atom is 0.338 e. The molecule has 0 radical (unpaired) electrons. The third-order valence-electron chi connectivity index (χ3n) is 6.36. The molecule has 0 fully saturated rings. The van der Waals surface area contributed by atoms with Gasteiger partial charge in [0, 0.05) is 0 Å². The fraction of sp³-hybridized carbons (Fsp3) is 0.276. The summed E-state index contributed by atoms with van der Waals surface area (Å²) in [7, 11) is -2.88. The van der Waals surface area contributed by atoms with E-state index >= 15 is 0 Å². The highest BCUT2D eigenvalue weighted by molar-refractivity contribution is 6.99. The number of aliphatic hydroxyl groups excluding tert-OH is 1. The molecule has 35 heavy (non-hydrogen) atoms. The zero-order valence-corrected chi connectivity index (χ0v) is 21.3. The second-order valence-electron chi connectivity index (χ2n) is 9.70. The molecule has 3 aromatic carbocycles. The average Bonchev–Trinajstić information content (AvgIpc) is 2.88. The van der Waals surface area contributed by atoms with Gasteiger partial charge in [0.05, 0.1) is 17.9 Å². The van der Waals surface area contributed by atoms with Crippen molar-refractivity contribution in [1.29, 1.82) is 0 Å². The zero-order valence-electron chi connectivity index (χ0n) is 20.3. The first kappa shape index (κ1) is 24.9. The molecule has 0 amide bonds. The lowest BCUT2D eigenvalue weighted by Crippen LogP contribution is -2.69. The van der Waals surface area contributed by atoms with Gasteiger partial charge in [-0.2, -0.15) is 0 Å². The molecule has 0 bridgehead atoms. The lowest BCUT2D eigenvalue weighted by atomic mass is 10.1. The SMILES string of the molecule is CC(C)(C)[Si](O[C@H]1C=COC(COC(=O)c2ccccc2)[C@H]1O)(c1ccccc1)c1ccccc1. The van der Waals surface area contributed by atoms with Crippen LogP contribution >= 0.6 is 0 Å². The van der Waals surface area contributed by atoms with Crippen LogP contribution < -0.4 is 10.4 Å². The molecule has 0 aliphatic carbocycles. The van der Waals surface area contributed by atoms with Gasteiger partial charge >= 0.3 is 5.97 Å². The van der Waals surface area contributed by atoms with Gasteiger partial charge in [-0.1, -0.05) is 99.6 Å². The molecule has 1 unspecified atom stereocenters. The van der Waals surface area contributed by atoms with Crippen molar-refractivity contribution < 1.29 is 23.8 Å². The Morgan fingerprint density at radius 3 is 1.91 bits per heavy atom. The minimum absolute atomic E-state index is 0.0835. The van der Waals surface area contributed by atoms with Gasteiger partial charge in [0.25, 0.3) is 8.32 Å². The molecule has 1 aliphatic heterocycles. The molecule has 4 rings (SSSR count). The van der Waals surface area contributed by atoms with E-state index in [0.717, 1.165) is 10.4 Å². The Hall–Kier alpha value is -3.19. The topological polar surface area (TPSA) is 65.0 Å². The number of rotatable bonds is 7. The molecule has 0 saturated carbocycles. The molecule has 182 valence electrons. The van der Waals surface area contributed by atoms with E-state index in [-0.39, 0.29) is 11.6 Å². The van der Waals surface area contributed by atoms with Crippen molar-refractivity contribution >= 4 is 24.7 Å². The molecule has 0 saturated heterocycles. The van der Waals surface area contributed by atoms with Crippen LogP contribution in [0.5, 0.6) is 0 Å². The van der Waals surface area contributed by atoms with Gasteiger partial charge < -0.3 is 19.0 Å². The highest BCUT2D eigenvalue weighted by Crippen LogP contribution is 2.38. The number of ether oxygens (including phenoxy) is 2. The second-order valence-corrected chi connectivity index (χ2v) is 14.0. The van der Waals surface area contributed by atoms with Crippen molar-refractivity contribution in [3.63, 3.8) is 0 Å². The molecule has 1 aliphatic rings. The Morgan fingerprint density at radius 2 is 1.40 bits per heavy atom. The first-order valence-corrected chi connectivity index (χ1v) is 13.7. The summed E-state index contributed by atoms with van der Waals surface area (Å²) in [5.41, 5.74) is 0.452. The minimum Gasteiger partial charge on any atom is -0.492 e. The van der Waals surface area contributed by atoms with E-state index in [1.165, 1.54) is 6.26 Å². The summed E-state index contributed by atoms with van der Waals surface area (Å²) in [6.07, 6.45) is 0.909. The highest BCUT2D eigenvalue weighted by atomic mass is 28.4. The predicted molar refractivity (Wildman–Crippen MR) is 139 cm³/mol. The van der Waals surface area contributed by atoms with Gasteiger partial charge in [0.1, 0.15) is 12.7 Å². The number of carbonyl (C=O) groups excluding carboxylic acids is 1. The summed E-state index contributed by atoms with van der Waals surface area (Å²) in [5.74, 6) is -0.458. The fourth-order valence-electron chi connectivity index (χ4n) is 4.59. The molecule has 1 heterocycles. The average molecular weight is 489 g/mol. The van der Waals surface area contributed by atoms with Gasteiger partial charge in [0.2, 0.25) is 0 Å². The van der Waals surface area contributed by atoms with Crippen molar-refractivity contribution in [3.8, 4) is 0 Å². The van der Waals surface area contributed by atoms with Crippen molar-refractivity contribution in [2.45, 2.75) is 44.1 Å². The normalized spacial score (nSPS) is 20.2. The van der Waals surface area contributed by atoms with Gasteiger partial charge in [-0.15, -0.1) is 0 Å². The van der Waals surface area contributed by atoms with E-state index < -0.39 is 32.6 Å². The number of benzene rings is 3. The number of carbonyl (C=O) groups is 1. The Balaban J connectivity index is 1.61. The van der Waals surface area contributed by atoms with Crippen molar-refractivity contribution in [2.24, 2.45) is 0 Å². The van der Waals surface area contributed by atoms with Crippen LogP contribution in [0.4, 0.5) is 0 Å². The molecular formula is C29H32O5Si. The molecule has 5 nitrogen and oxygen atoms in total. The van der Waals surface area contributed by atoms with Crippen LogP contribution in [-0.4, -0.2) is 44.3 Å². The molecule has 0 aromatic heterocycles. The lowest BCUT2D eigenvalue weighted by molar-refractivity contribution is -0.0801. The summed E-state index contributed by atoms with van der Waals surface area (Å²) < 4.78 is 18.1. The van der Waals surface area contributed by atoms with E-state index in [4.69, 9.17) is 13.9 Å². The standard InChI is InChI=1S/C29H32O5Si/c1-29(2,3)35(23-15-9-5-10-16-23,24-17-11-6-12-18-24)34-25-19-20-32-26(27(25)30)21-33-28(31)22-13-7-4-8-14-22/h4-20,25-27,30H,21H2,1-3H3/t25-,26?,27-/m0/s1. The van der Waals surface area contributed by atoms with Crippen LogP contribution in [0, 0.1) is 0 Å². The smallest absolute Gasteiger partial charge is 0.338 e. The molecule has 1 N–H and O–H groups in total. The maximum atomic E-state index is 12.4. The van der Waals surface area contributed by atoms with E-state index in [9.17, 15) is 9.90 Å². The molecule has 3 atom stereocenters. The van der Waals surface area contributed by atoms with E-state index in [1.54, 1.807) is 30.3 Å². The van der Waals surface area contributed by atoms with Crippen molar-refractivity contribution in [1.82, 2.24) is 0 Å². The first-order chi connectivity index (χ1) is 16.8. The summed E-state index contributed by atoms with van der Waals surface area (Å²) in [6, 6.07) is 29.3. The fourth-order valence-corrected chi connectivity index (χ4v) is 9.23. The second kappa shape index (κ2) is 10.6. The molecular weight excluding hydrogens is 456 g/mol. The number of aliphatic hydroxyl groups is 1. The summed E-state index contributed by atoms with van der Waals surface area (Å²) in [5, 5.41) is 13.3. The van der Waals surface area contributed by atoms with Crippen LogP contribution in [0.2, 0.25) is 5.04 Å². The van der Waals surface area contributed by atoms with E-state index in [0.29, 0.717) is 5.56 Å². The molecule has 6 heteroatoms. The largest absolute Gasteiger partial charge is 0.492 e. The number of esters is 1. The van der Waals surface area contributed by atoms with Crippen molar-refractivity contribution in [3.05, 3.63) is 109 Å². The van der Waals surface area contributed by atoms with Crippen LogP contribution in [0.15, 0.2) is 103 Å². The van der Waals surface area contributed by atoms with E-state index in [2.05, 4.69) is 45.0 Å². The Labute approximate surface area is 208 Å². The number of hydrogen-bond acceptors (Lipinski definition) is 5. The monoisotopic (exact) mass is 488 g/mol. The maximum absolute atomic E-state index is 12.4. The van der Waals surface area contributed by atoms with Crippen LogP contribution in [0.25, 0.3) is 0 Å². The third kappa shape index (κ3) is 5.25.